The molecule has 94 valence electrons. The fourth-order valence-corrected chi connectivity index (χ4v) is 0.340. The van der Waals surface area contributed by atoms with Gasteiger partial charge in [0.2, 0.25) is 0 Å². The van der Waals surface area contributed by atoms with Crippen LogP contribution in [0.1, 0.15) is 6.42 Å². The van der Waals surface area contributed by atoms with Gasteiger partial charge in [-0.3, -0.25) is 6.08 Å². The summed E-state index contributed by atoms with van der Waals surface area (Å²) >= 11 is 0. The zero-order valence-electron chi connectivity index (χ0n) is 9.66. The van der Waals surface area contributed by atoms with Crippen LogP contribution in [0.4, 0.5) is 0 Å². The van der Waals surface area contributed by atoms with Gasteiger partial charge in [-0.25, -0.2) is 12.2 Å². The minimum Gasteiger partial charge on any atom is -0.358 e. The van der Waals surface area contributed by atoms with Crippen molar-refractivity contribution in [3.63, 3.8) is 0 Å². The third-order valence-corrected chi connectivity index (χ3v) is 0.586. The van der Waals surface area contributed by atoms with Crippen LogP contribution in [-0.4, -0.2) is 0 Å². The van der Waals surface area contributed by atoms with Crippen molar-refractivity contribution < 1.29 is 25.8 Å². The average molecular weight is 702 g/mol. The first-order valence-corrected chi connectivity index (χ1v) is 1.72. The minimum atomic E-state index is 0. The molecule has 0 atom stereocenters. The number of hydrogen-bond donors (Lipinski definition) is 0. The van der Waals surface area contributed by atoms with Crippen LogP contribution >= 0.6 is 71.9 Å². The summed E-state index contributed by atoms with van der Waals surface area (Å²) in [4.78, 5) is 0. The summed E-state index contributed by atoms with van der Waals surface area (Å²) in [7, 11) is 0. The van der Waals surface area contributed by atoms with Gasteiger partial charge in [-0.1, -0.05) is 0 Å². The Morgan fingerprint density at radius 3 is 1.21 bits per heavy atom. The number of hydrogen-bond acceptors (Lipinski definition) is 0. The molecule has 0 unspecified atom stereocenters. The summed E-state index contributed by atoms with van der Waals surface area (Å²) in [5, 5.41) is 0. The quantitative estimate of drug-likeness (QED) is 0.180. The van der Waals surface area contributed by atoms with E-state index in [1.54, 1.807) is 0 Å². The Balaban J connectivity index is -0.00000000397. The molecule has 0 radical (unpaired) electrons. The van der Waals surface area contributed by atoms with Crippen molar-refractivity contribution >= 4 is 71.9 Å². The Hall–Kier alpha value is 2.54. The minimum absolute atomic E-state index is 0. The first-order chi connectivity index (χ1) is 2.50. The molecule has 0 saturated carbocycles. The molecular formula is C10H23HfI3-6. The summed E-state index contributed by atoms with van der Waals surface area (Å²) in [6.07, 6.45) is 10.0. The summed E-state index contributed by atoms with van der Waals surface area (Å²) in [5.74, 6) is 0. The molecule has 4 heteroatoms. The number of rotatable bonds is 0. The van der Waals surface area contributed by atoms with Crippen LogP contribution in [0.5, 0.6) is 0 Å². The van der Waals surface area contributed by atoms with E-state index in [9.17, 15) is 0 Å². The summed E-state index contributed by atoms with van der Waals surface area (Å²) < 4.78 is 0. The summed E-state index contributed by atoms with van der Waals surface area (Å²) in [5.41, 5.74) is 0. The van der Waals surface area contributed by atoms with Crippen LogP contribution < -0.4 is 0 Å². The van der Waals surface area contributed by atoms with E-state index in [2.05, 4.69) is 12.2 Å². The molecule has 1 rings (SSSR count). The molecule has 0 amide bonds. The molecule has 0 aromatic rings. The molecule has 0 aromatic heterocycles. The molecule has 0 spiro atoms. The second-order valence-electron chi connectivity index (χ2n) is 1.00. The van der Waals surface area contributed by atoms with E-state index in [-0.39, 0.29) is 135 Å². The van der Waals surface area contributed by atoms with Crippen molar-refractivity contribution in [2.24, 2.45) is 0 Å². The molecule has 0 bridgehead atoms. The van der Waals surface area contributed by atoms with Crippen LogP contribution in [0.2, 0.25) is 0 Å². The average Bonchev–Trinajstić information content (AvgIpc) is 1.76. The third-order valence-electron chi connectivity index (χ3n) is 0.586. The number of halogens is 3. The predicted molar refractivity (Wildman–Crippen MR) is 99.9 cm³/mol. The van der Waals surface area contributed by atoms with Crippen LogP contribution in [0.15, 0.2) is 18.2 Å². The van der Waals surface area contributed by atoms with Gasteiger partial charge in [-0.05, 0) is 0 Å². The molecule has 0 nitrogen and oxygen atoms in total. The van der Waals surface area contributed by atoms with Crippen molar-refractivity contribution in [3.8, 4) is 0 Å². The second kappa shape index (κ2) is 57.8. The Bertz CT molecular complexity index is 73.4. The monoisotopic (exact) mass is 704 g/mol. The Kier molecular flexibility index (Phi) is 290. The van der Waals surface area contributed by atoms with E-state index in [1.165, 1.54) is 0 Å². The predicted octanol–water partition coefficient (Wildman–Crippen LogP) is 5.41. The van der Waals surface area contributed by atoms with E-state index in [1.807, 2.05) is 12.2 Å². The molecule has 1 aliphatic rings. The first-order valence-electron chi connectivity index (χ1n) is 1.72. The standard InChI is InChI=1S/C5H5.5CH3.Hf.3HI/c1-2-4-5-3-1;;;;;;;;;/h1-3H,4H2;5*1H3;;3*1H/q6*-1;;;;. The molecule has 0 fully saturated rings. The van der Waals surface area contributed by atoms with Gasteiger partial charge in [-0.15, -0.1) is 78.4 Å². The zero-order chi connectivity index (χ0) is 3.54. The molecule has 0 heterocycles. The van der Waals surface area contributed by atoms with E-state index in [0.717, 1.165) is 6.42 Å². The maximum absolute atomic E-state index is 2.99. The van der Waals surface area contributed by atoms with Gasteiger partial charge in [0.05, 0.1) is 0 Å². The zero-order valence-corrected chi connectivity index (χ0v) is 20.2. The maximum Gasteiger partial charge on any atom is 0 e. The van der Waals surface area contributed by atoms with Crippen molar-refractivity contribution in [3.05, 3.63) is 61.4 Å². The topological polar surface area (TPSA) is 0 Å². The molecule has 0 saturated heterocycles. The van der Waals surface area contributed by atoms with Crippen LogP contribution in [0.3, 0.4) is 0 Å². The Morgan fingerprint density at radius 2 is 1.14 bits per heavy atom. The van der Waals surface area contributed by atoms with Gasteiger partial charge in [-0.2, -0.15) is 6.08 Å². The Morgan fingerprint density at radius 1 is 0.786 bits per heavy atom. The van der Waals surface area contributed by atoms with Crippen LogP contribution in [0, 0.1) is 43.2 Å². The van der Waals surface area contributed by atoms with Crippen molar-refractivity contribution in [1.29, 1.82) is 0 Å². The van der Waals surface area contributed by atoms with E-state index in [4.69, 9.17) is 0 Å². The third kappa shape index (κ3) is 46.9. The van der Waals surface area contributed by atoms with Crippen molar-refractivity contribution in [2.45, 2.75) is 6.42 Å². The van der Waals surface area contributed by atoms with E-state index >= 15 is 0 Å². The molecule has 0 N–H and O–H groups in total. The fourth-order valence-electron chi connectivity index (χ4n) is 0.340. The summed E-state index contributed by atoms with van der Waals surface area (Å²) in [6, 6.07) is 0. The van der Waals surface area contributed by atoms with Gasteiger partial charge < -0.3 is 37.1 Å². The van der Waals surface area contributed by atoms with E-state index < -0.39 is 0 Å². The maximum atomic E-state index is 2.99. The molecular weight excluding hydrogens is 679 g/mol. The second-order valence-corrected chi connectivity index (χ2v) is 1.00. The number of allylic oxidation sites excluding steroid dienone is 4. The van der Waals surface area contributed by atoms with E-state index in [0.29, 0.717) is 0 Å². The van der Waals surface area contributed by atoms with Gasteiger partial charge in [0.15, 0.2) is 0 Å². The van der Waals surface area contributed by atoms with Crippen LogP contribution in [0.25, 0.3) is 0 Å². The Labute approximate surface area is 163 Å². The largest absolute Gasteiger partial charge is 0.358 e. The molecule has 14 heavy (non-hydrogen) atoms. The fraction of sp³-hybridized carbons (Fsp3) is 0.100. The smallest absolute Gasteiger partial charge is 0 e. The van der Waals surface area contributed by atoms with Gasteiger partial charge >= 0.3 is 0 Å². The van der Waals surface area contributed by atoms with Crippen LogP contribution in [-0.2, 0) is 25.8 Å². The van der Waals surface area contributed by atoms with Gasteiger partial charge in [0.1, 0.15) is 0 Å². The van der Waals surface area contributed by atoms with Crippen molar-refractivity contribution in [2.75, 3.05) is 0 Å². The van der Waals surface area contributed by atoms with Gasteiger partial charge in [0.25, 0.3) is 0 Å². The first kappa shape index (κ1) is 70.3. The molecule has 0 aliphatic heterocycles. The molecule has 1 aliphatic carbocycles. The normalized spacial score (nSPS) is 6.29. The molecule has 0 aromatic carbocycles. The SMILES string of the molecule is I.I.I.[C-]1=CC=CC1.[CH3-].[CH3-].[CH3-].[CH3-].[CH3-].[Hf]. The van der Waals surface area contributed by atoms with Gasteiger partial charge in [0, 0.05) is 25.8 Å². The van der Waals surface area contributed by atoms with Crippen molar-refractivity contribution in [1.82, 2.24) is 0 Å². The summed E-state index contributed by atoms with van der Waals surface area (Å²) in [6.45, 7) is 0.